The van der Waals surface area contributed by atoms with Crippen molar-refractivity contribution in [3.8, 4) is 0 Å². The number of aliphatic carboxylic acids is 1. The Morgan fingerprint density at radius 3 is 2.67 bits per heavy atom. The minimum Gasteiger partial charge on any atom is -0.481 e. The van der Waals surface area contributed by atoms with E-state index in [-0.39, 0.29) is 11.8 Å². The van der Waals surface area contributed by atoms with Gasteiger partial charge in [-0.3, -0.25) is 9.59 Å². The Hall–Kier alpha value is -1.84. The Bertz CT molecular complexity index is 428. The number of carboxylic acids is 1. The Kier molecular flexibility index (Phi) is 2.19. The van der Waals surface area contributed by atoms with Gasteiger partial charge in [0.1, 0.15) is 0 Å². The fraction of sp³-hybridized carbons (Fsp3) is 0.273. The number of carbonyl (C=O) groups excluding carboxylic acids is 1. The van der Waals surface area contributed by atoms with Gasteiger partial charge in [-0.05, 0) is 30.0 Å². The summed E-state index contributed by atoms with van der Waals surface area (Å²) in [6, 6.07) is 6.87. The minimum absolute atomic E-state index is 0.0433. The van der Waals surface area contributed by atoms with Crippen LogP contribution in [-0.2, 0) is 4.79 Å². The SMILES string of the molecule is NC(=O)c1cccc([C@@H]2C[C@H]2C(=O)O)c1. The van der Waals surface area contributed by atoms with E-state index in [2.05, 4.69) is 0 Å². The maximum Gasteiger partial charge on any atom is 0.307 e. The highest BCUT2D eigenvalue weighted by Crippen LogP contribution is 2.47. The summed E-state index contributed by atoms with van der Waals surface area (Å²) in [4.78, 5) is 21.6. The molecule has 0 bridgehead atoms. The number of hydrogen-bond acceptors (Lipinski definition) is 2. The highest BCUT2D eigenvalue weighted by molar-refractivity contribution is 5.93. The molecule has 1 aromatic carbocycles. The summed E-state index contributed by atoms with van der Waals surface area (Å²) in [6.07, 6.45) is 0.650. The lowest BCUT2D eigenvalue weighted by atomic mass is 10.1. The third-order valence-electron chi connectivity index (χ3n) is 2.71. The lowest BCUT2D eigenvalue weighted by Crippen LogP contribution is -2.11. The molecule has 1 aliphatic carbocycles. The van der Waals surface area contributed by atoms with Gasteiger partial charge in [0.25, 0.3) is 0 Å². The molecule has 15 heavy (non-hydrogen) atoms. The first kappa shape index (κ1) is 9.71. The summed E-state index contributed by atoms with van der Waals surface area (Å²) in [6.45, 7) is 0. The van der Waals surface area contributed by atoms with Crippen molar-refractivity contribution in [2.24, 2.45) is 11.7 Å². The number of benzene rings is 1. The molecule has 2 atom stereocenters. The number of carbonyl (C=O) groups is 2. The highest BCUT2D eigenvalue weighted by Gasteiger charge is 2.44. The van der Waals surface area contributed by atoms with E-state index in [0.29, 0.717) is 12.0 Å². The second-order valence-electron chi connectivity index (χ2n) is 3.78. The predicted molar refractivity (Wildman–Crippen MR) is 53.4 cm³/mol. The van der Waals surface area contributed by atoms with Gasteiger partial charge >= 0.3 is 5.97 Å². The third-order valence-corrected chi connectivity index (χ3v) is 2.71. The molecule has 1 aromatic rings. The first-order valence-corrected chi connectivity index (χ1v) is 4.72. The number of rotatable bonds is 3. The van der Waals surface area contributed by atoms with E-state index in [1.807, 2.05) is 6.07 Å². The van der Waals surface area contributed by atoms with E-state index in [1.54, 1.807) is 18.2 Å². The largest absolute Gasteiger partial charge is 0.481 e. The molecular formula is C11H11NO3. The summed E-state index contributed by atoms with van der Waals surface area (Å²) in [5.74, 6) is -1.51. The highest BCUT2D eigenvalue weighted by atomic mass is 16.4. The van der Waals surface area contributed by atoms with Crippen LogP contribution >= 0.6 is 0 Å². The number of hydrogen-bond donors (Lipinski definition) is 2. The minimum atomic E-state index is -0.774. The summed E-state index contributed by atoms with van der Waals surface area (Å²) < 4.78 is 0. The normalized spacial score (nSPS) is 23.5. The van der Waals surface area contributed by atoms with Crippen molar-refractivity contribution in [1.29, 1.82) is 0 Å². The van der Waals surface area contributed by atoms with Crippen LogP contribution in [0.4, 0.5) is 0 Å². The van der Waals surface area contributed by atoms with Crippen LogP contribution in [0.25, 0.3) is 0 Å². The smallest absolute Gasteiger partial charge is 0.307 e. The third kappa shape index (κ3) is 1.83. The fourth-order valence-electron chi connectivity index (χ4n) is 1.76. The van der Waals surface area contributed by atoms with Crippen molar-refractivity contribution in [3.05, 3.63) is 35.4 Å². The van der Waals surface area contributed by atoms with Gasteiger partial charge in [-0.2, -0.15) is 0 Å². The standard InChI is InChI=1S/C11H11NO3/c12-10(13)7-3-1-2-6(4-7)8-5-9(8)11(14)15/h1-4,8-9H,5H2,(H2,12,13)(H,14,15)/t8-,9+/m0/s1. The van der Waals surface area contributed by atoms with E-state index < -0.39 is 11.9 Å². The van der Waals surface area contributed by atoms with Gasteiger partial charge in [0.2, 0.25) is 5.91 Å². The van der Waals surface area contributed by atoms with Crippen molar-refractivity contribution in [3.63, 3.8) is 0 Å². The zero-order chi connectivity index (χ0) is 11.0. The Morgan fingerprint density at radius 2 is 2.13 bits per heavy atom. The zero-order valence-electron chi connectivity index (χ0n) is 8.01. The lowest BCUT2D eigenvalue weighted by molar-refractivity contribution is -0.138. The Morgan fingerprint density at radius 1 is 1.40 bits per heavy atom. The molecule has 1 fully saturated rings. The molecule has 0 spiro atoms. The van der Waals surface area contributed by atoms with Crippen molar-refractivity contribution < 1.29 is 14.7 Å². The maximum atomic E-state index is 10.9. The molecule has 0 unspecified atom stereocenters. The first-order chi connectivity index (χ1) is 7.09. The molecule has 78 valence electrons. The van der Waals surface area contributed by atoms with E-state index in [9.17, 15) is 9.59 Å². The molecule has 0 heterocycles. The van der Waals surface area contributed by atoms with Crippen molar-refractivity contribution in [2.45, 2.75) is 12.3 Å². The molecule has 4 heteroatoms. The monoisotopic (exact) mass is 205 g/mol. The molecule has 4 nitrogen and oxygen atoms in total. The number of amides is 1. The van der Waals surface area contributed by atoms with Crippen LogP contribution in [-0.4, -0.2) is 17.0 Å². The van der Waals surface area contributed by atoms with Gasteiger partial charge in [-0.15, -0.1) is 0 Å². The number of nitrogens with two attached hydrogens (primary N) is 1. The Balaban J connectivity index is 2.20. The van der Waals surface area contributed by atoms with E-state index >= 15 is 0 Å². The zero-order valence-corrected chi connectivity index (χ0v) is 8.01. The summed E-state index contributed by atoms with van der Waals surface area (Å²) in [7, 11) is 0. The van der Waals surface area contributed by atoms with Crippen LogP contribution in [0, 0.1) is 5.92 Å². The second kappa shape index (κ2) is 3.38. The van der Waals surface area contributed by atoms with Gasteiger partial charge < -0.3 is 10.8 Å². The van der Waals surface area contributed by atoms with Crippen LogP contribution in [0.5, 0.6) is 0 Å². The van der Waals surface area contributed by atoms with Crippen LogP contribution in [0.15, 0.2) is 24.3 Å². The maximum absolute atomic E-state index is 10.9. The van der Waals surface area contributed by atoms with E-state index in [1.165, 1.54) is 0 Å². The average molecular weight is 205 g/mol. The van der Waals surface area contributed by atoms with Gasteiger partial charge in [0.05, 0.1) is 5.92 Å². The number of primary amides is 1. The second-order valence-corrected chi connectivity index (χ2v) is 3.78. The molecule has 0 radical (unpaired) electrons. The van der Waals surface area contributed by atoms with E-state index in [0.717, 1.165) is 5.56 Å². The average Bonchev–Trinajstić information content (AvgIpc) is 2.97. The van der Waals surface area contributed by atoms with Crippen molar-refractivity contribution >= 4 is 11.9 Å². The molecule has 2 rings (SSSR count). The summed E-state index contributed by atoms with van der Waals surface area (Å²) in [5.41, 5.74) is 6.46. The predicted octanol–water partition coefficient (Wildman–Crippen LogP) is 0.974. The van der Waals surface area contributed by atoms with Crippen LogP contribution in [0.3, 0.4) is 0 Å². The van der Waals surface area contributed by atoms with E-state index in [4.69, 9.17) is 10.8 Å². The molecule has 1 saturated carbocycles. The molecule has 3 N–H and O–H groups in total. The molecule has 1 amide bonds. The number of carboxylic acid groups (broad SMARTS) is 1. The van der Waals surface area contributed by atoms with Gasteiger partial charge in [-0.1, -0.05) is 12.1 Å². The fourth-order valence-corrected chi connectivity index (χ4v) is 1.76. The quantitative estimate of drug-likeness (QED) is 0.771. The Labute approximate surface area is 86.7 Å². The van der Waals surface area contributed by atoms with Crippen LogP contribution in [0.1, 0.15) is 28.3 Å². The van der Waals surface area contributed by atoms with Gasteiger partial charge in [0, 0.05) is 5.56 Å². The first-order valence-electron chi connectivity index (χ1n) is 4.72. The topological polar surface area (TPSA) is 80.4 Å². The molecular weight excluding hydrogens is 194 g/mol. The summed E-state index contributed by atoms with van der Waals surface area (Å²) in [5, 5.41) is 8.77. The molecule has 1 aliphatic rings. The lowest BCUT2D eigenvalue weighted by Gasteiger charge is -2.00. The summed E-state index contributed by atoms with van der Waals surface area (Å²) >= 11 is 0. The van der Waals surface area contributed by atoms with Crippen molar-refractivity contribution in [2.75, 3.05) is 0 Å². The van der Waals surface area contributed by atoms with Gasteiger partial charge in [0.15, 0.2) is 0 Å². The van der Waals surface area contributed by atoms with Crippen LogP contribution in [0.2, 0.25) is 0 Å². The van der Waals surface area contributed by atoms with Gasteiger partial charge in [-0.25, -0.2) is 0 Å². The molecule has 0 saturated heterocycles. The van der Waals surface area contributed by atoms with Crippen LogP contribution < -0.4 is 5.73 Å². The molecule has 0 aromatic heterocycles. The van der Waals surface area contributed by atoms with Crippen molar-refractivity contribution in [1.82, 2.24) is 0 Å². The molecule has 0 aliphatic heterocycles.